The Morgan fingerprint density at radius 2 is 1.92 bits per heavy atom. The fraction of sp³-hybridized carbons (Fsp3) is 0.318. The van der Waals surface area contributed by atoms with E-state index in [1.807, 2.05) is 0 Å². The number of alkyl halides is 5. The molecule has 1 atom stereocenters. The molecule has 0 radical (unpaired) electrons. The summed E-state index contributed by atoms with van der Waals surface area (Å²) in [5.74, 6) is -5.19. The summed E-state index contributed by atoms with van der Waals surface area (Å²) in [5.41, 5.74) is 1.82. The third-order valence-electron chi connectivity index (χ3n) is 5.82. The van der Waals surface area contributed by atoms with Crippen LogP contribution in [0.15, 0.2) is 42.9 Å². The quantitative estimate of drug-likeness (QED) is 0.419. The molecule has 4 aromatic rings. The molecule has 0 saturated carbocycles. The Bertz CT molecular complexity index is 1460. The van der Waals surface area contributed by atoms with Crippen LogP contribution in [0.2, 0.25) is 0 Å². The number of ether oxygens (including phenoxy) is 1. The molecule has 1 fully saturated rings. The average molecular weight is 507 g/mol. The van der Waals surface area contributed by atoms with Crippen LogP contribution in [0.1, 0.15) is 13.3 Å². The van der Waals surface area contributed by atoms with Gasteiger partial charge in [0.2, 0.25) is 11.9 Å². The van der Waals surface area contributed by atoms with Gasteiger partial charge in [0.15, 0.2) is 0 Å². The van der Waals surface area contributed by atoms with E-state index in [1.165, 1.54) is 31.6 Å². The molecule has 1 aliphatic rings. The van der Waals surface area contributed by atoms with Crippen molar-refractivity contribution in [2.24, 2.45) is 0 Å². The maximum absolute atomic E-state index is 14.7. The standard InChI is InChI=1S/C22H18F5N7O2/c1-12(35)33-8-5-17(21(23,24)11-33)30-20-31-19(36-22(25,26)27)18-14(4-9-34(18)32-20)13-2-3-15-16(10-13)29-7-6-28-15/h2-4,6-7,9-10,17H,5,8,11H2,1H3,(H,30,32). The van der Waals surface area contributed by atoms with Crippen LogP contribution < -0.4 is 10.1 Å². The number of nitrogens with one attached hydrogen (secondary N) is 1. The van der Waals surface area contributed by atoms with Crippen molar-refractivity contribution >= 4 is 28.4 Å². The van der Waals surface area contributed by atoms with Crippen LogP contribution in [0.3, 0.4) is 0 Å². The van der Waals surface area contributed by atoms with Gasteiger partial charge in [0.05, 0.1) is 23.6 Å². The van der Waals surface area contributed by atoms with Gasteiger partial charge in [-0.1, -0.05) is 6.07 Å². The molecule has 36 heavy (non-hydrogen) atoms. The number of aromatic nitrogens is 5. The van der Waals surface area contributed by atoms with E-state index in [-0.39, 0.29) is 18.5 Å². The highest BCUT2D eigenvalue weighted by atomic mass is 19.4. The minimum atomic E-state index is -5.10. The van der Waals surface area contributed by atoms with E-state index in [9.17, 15) is 26.7 Å². The van der Waals surface area contributed by atoms with E-state index >= 15 is 0 Å². The second kappa shape index (κ2) is 8.53. The number of hydrogen-bond donors (Lipinski definition) is 1. The van der Waals surface area contributed by atoms with Crippen molar-refractivity contribution in [2.45, 2.75) is 31.7 Å². The number of piperidine rings is 1. The predicted molar refractivity (Wildman–Crippen MR) is 117 cm³/mol. The number of halogens is 5. The monoisotopic (exact) mass is 507 g/mol. The van der Waals surface area contributed by atoms with Crippen LogP contribution >= 0.6 is 0 Å². The summed E-state index contributed by atoms with van der Waals surface area (Å²) >= 11 is 0. The molecule has 5 rings (SSSR count). The fourth-order valence-electron chi connectivity index (χ4n) is 4.14. The number of likely N-dealkylation sites (tertiary alicyclic amines) is 1. The summed E-state index contributed by atoms with van der Waals surface area (Å²) in [7, 11) is 0. The first-order valence-electron chi connectivity index (χ1n) is 10.8. The second-order valence-electron chi connectivity index (χ2n) is 8.26. The number of anilines is 1. The first-order chi connectivity index (χ1) is 17.0. The molecule has 4 heterocycles. The highest BCUT2D eigenvalue weighted by molar-refractivity contribution is 5.89. The van der Waals surface area contributed by atoms with E-state index in [0.717, 1.165) is 9.42 Å². The number of nitrogens with zero attached hydrogens (tertiary/aromatic N) is 6. The number of hydrogen-bond acceptors (Lipinski definition) is 7. The third-order valence-corrected chi connectivity index (χ3v) is 5.82. The lowest BCUT2D eigenvalue weighted by molar-refractivity contribution is -0.275. The van der Waals surface area contributed by atoms with Gasteiger partial charge in [-0.15, -0.1) is 18.3 Å². The maximum atomic E-state index is 14.7. The maximum Gasteiger partial charge on any atom is 0.574 e. The lowest BCUT2D eigenvalue weighted by Gasteiger charge is -2.38. The van der Waals surface area contributed by atoms with Crippen molar-refractivity contribution in [3.63, 3.8) is 0 Å². The normalized spacial score (nSPS) is 17.9. The Morgan fingerprint density at radius 1 is 1.17 bits per heavy atom. The first-order valence-corrected chi connectivity index (χ1v) is 10.8. The largest absolute Gasteiger partial charge is 0.574 e. The highest BCUT2D eigenvalue weighted by Gasteiger charge is 2.46. The number of rotatable bonds is 4. The smallest absolute Gasteiger partial charge is 0.385 e. The van der Waals surface area contributed by atoms with E-state index in [1.54, 1.807) is 18.2 Å². The molecular formula is C22H18F5N7O2. The van der Waals surface area contributed by atoms with E-state index in [4.69, 9.17) is 0 Å². The van der Waals surface area contributed by atoms with Gasteiger partial charge in [-0.3, -0.25) is 14.8 Å². The summed E-state index contributed by atoms with van der Waals surface area (Å²) in [4.78, 5) is 24.7. The van der Waals surface area contributed by atoms with Gasteiger partial charge in [-0.25, -0.2) is 13.3 Å². The molecule has 0 spiro atoms. The SMILES string of the molecule is CC(=O)N1CCC(Nc2nc(OC(F)(F)F)c3c(-c4ccc5nccnc5c4)ccn3n2)C(F)(F)C1. The Labute approximate surface area is 199 Å². The molecule has 1 unspecified atom stereocenters. The number of carbonyl (C=O) groups excluding carboxylic acids is 1. The van der Waals surface area contributed by atoms with Gasteiger partial charge in [-0.05, 0) is 30.2 Å². The molecule has 1 aromatic carbocycles. The van der Waals surface area contributed by atoms with Gasteiger partial charge in [0.25, 0.3) is 11.8 Å². The average Bonchev–Trinajstić information content (AvgIpc) is 3.23. The summed E-state index contributed by atoms with van der Waals surface area (Å²) in [6.07, 6.45) is -0.878. The van der Waals surface area contributed by atoms with E-state index in [0.29, 0.717) is 22.2 Å². The molecule has 1 aliphatic heterocycles. The molecule has 0 aliphatic carbocycles. The van der Waals surface area contributed by atoms with Crippen molar-refractivity contribution < 1.29 is 31.5 Å². The van der Waals surface area contributed by atoms with Crippen molar-refractivity contribution in [2.75, 3.05) is 18.4 Å². The lowest BCUT2D eigenvalue weighted by atomic mass is 10.0. The summed E-state index contributed by atoms with van der Waals surface area (Å²) in [6.45, 7) is 0.412. The predicted octanol–water partition coefficient (Wildman–Crippen LogP) is 3.91. The molecule has 188 valence electrons. The molecular weight excluding hydrogens is 489 g/mol. The van der Waals surface area contributed by atoms with Crippen molar-refractivity contribution in [1.29, 1.82) is 0 Å². The van der Waals surface area contributed by atoms with Gasteiger partial charge in [-0.2, -0.15) is 4.98 Å². The third kappa shape index (κ3) is 4.57. The summed E-state index contributed by atoms with van der Waals surface area (Å²) in [6, 6.07) is 4.97. The number of carbonyl (C=O) groups is 1. The molecule has 1 amide bonds. The molecule has 1 N–H and O–H groups in total. The Kier molecular flexibility index (Phi) is 5.60. The number of amides is 1. The molecule has 1 saturated heterocycles. The Hall–Kier alpha value is -4.10. The first kappa shape index (κ1) is 23.6. The summed E-state index contributed by atoms with van der Waals surface area (Å²) in [5, 5.41) is 6.52. The number of benzene rings is 1. The van der Waals surface area contributed by atoms with Gasteiger partial charge in [0, 0.05) is 37.6 Å². The Balaban J connectivity index is 1.54. The molecule has 0 bridgehead atoms. The number of fused-ring (bicyclic) bond motifs is 2. The van der Waals surface area contributed by atoms with Crippen LogP contribution in [0.5, 0.6) is 5.88 Å². The zero-order chi connectivity index (χ0) is 25.7. The minimum Gasteiger partial charge on any atom is -0.385 e. The lowest BCUT2D eigenvalue weighted by Crippen LogP contribution is -2.55. The highest BCUT2D eigenvalue weighted by Crippen LogP contribution is 2.36. The molecule has 14 heteroatoms. The fourth-order valence-corrected chi connectivity index (χ4v) is 4.14. The van der Waals surface area contributed by atoms with Crippen LogP contribution in [0.4, 0.5) is 27.9 Å². The van der Waals surface area contributed by atoms with Crippen LogP contribution in [-0.4, -0.2) is 66.8 Å². The van der Waals surface area contributed by atoms with Crippen molar-refractivity contribution in [1.82, 2.24) is 29.5 Å². The van der Waals surface area contributed by atoms with Gasteiger partial charge < -0.3 is 15.0 Å². The van der Waals surface area contributed by atoms with Crippen LogP contribution in [0.25, 0.3) is 27.7 Å². The van der Waals surface area contributed by atoms with Crippen LogP contribution in [0, 0.1) is 0 Å². The second-order valence-corrected chi connectivity index (χ2v) is 8.26. The van der Waals surface area contributed by atoms with Crippen molar-refractivity contribution in [3.8, 4) is 17.0 Å². The molecule has 3 aromatic heterocycles. The zero-order valence-corrected chi connectivity index (χ0v) is 18.6. The van der Waals surface area contributed by atoms with Crippen LogP contribution in [-0.2, 0) is 4.79 Å². The van der Waals surface area contributed by atoms with E-state index in [2.05, 4.69) is 30.1 Å². The van der Waals surface area contributed by atoms with Gasteiger partial charge >= 0.3 is 6.36 Å². The minimum absolute atomic E-state index is 0.0509. The summed E-state index contributed by atoms with van der Waals surface area (Å²) < 4.78 is 74.4. The zero-order valence-electron chi connectivity index (χ0n) is 18.6. The molecule has 9 nitrogen and oxygen atoms in total. The van der Waals surface area contributed by atoms with Gasteiger partial charge in [0.1, 0.15) is 5.52 Å². The topological polar surface area (TPSA) is 97.5 Å². The Morgan fingerprint density at radius 3 is 2.61 bits per heavy atom. The van der Waals surface area contributed by atoms with Crippen molar-refractivity contribution in [3.05, 3.63) is 42.9 Å². The van der Waals surface area contributed by atoms with E-state index < -0.39 is 42.6 Å².